The molecule has 0 bridgehead atoms. The van der Waals surface area contributed by atoms with E-state index in [-0.39, 0.29) is 5.57 Å². The first kappa shape index (κ1) is 17.8. The second kappa shape index (κ2) is 8.39. The molecule has 0 saturated heterocycles. The molecule has 134 valence electrons. The molecule has 5 heteroatoms. The normalized spacial score (nSPS) is 15.3. The van der Waals surface area contributed by atoms with Crippen LogP contribution in [-0.4, -0.2) is 17.6 Å². The van der Waals surface area contributed by atoms with Crippen molar-refractivity contribution in [1.29, 1.82) is 5.26 Å². The van der Waals surface area contributed by atoms with Crippen molar-refractivity contribution >= 4 is 17.7 Å². The molecular formula is C21H23N3O2. The summed E-state index contributed by atoms with van der Waals surface area (Å²) < 4.78 is 7.35. The SMILES string of the molecule is COc1cccc(NC(=O)/C(C#N)=C/c2ccn(C3CCCCC3)c2)c1. The van der Waals surface area contributed by atoms with Crippen molar-refractivity contribution in [3.05, 3.63) is 53.9 Å². The maximum atomic E-state index is 12.4. The second-order valence-corrected chi connectivity index (χ2v) is 6.54. The van der Waals surface area contributed by atoms with Crippen molar-refractivity contribution in [1.82, 2.24) is 4.57 Å². The topological polar surface area (TPSA) is 67.0 Å². The van der Waals surface area contributed by atoms with Gasteiger partial charge in [0.25, 0.3) is 5.91 Å². The fourth-order valence-corrected chi connectivity index (χ4v) is 3.34. The van der Waals surface area contributed by atoms with Crippen LogP contribution in [0.3, 0.4) is 0 Å². The molecule has 1 heterocycles. The van der Waals surface area contributed by atoms with Crippen molar-refractivity contribution < 1.29 is 9.53 Å². The lowest BCUT2D eigenvalue weighted by atomic mass is 9.95. The van der Waals surface area contributed by atoms with Crippen molar-refractivity contribution in [3.63, 3.8) is 0 Å². The molecule has 1 aromatic carbocycles. The van der Waals surface area contributed by atoms with Gasteiger partial charge >= 0.3 is 0 Å². The zero-order valence-electron chi connectivity index (χ0n) is 14.9. The van der Waals surface area contributed by atoms with Gasteiger partial charge in [0, 0.05) is 30.2 Å². The Morgan fingerprint density at radius 2 is 2.12 bits per heavy atom. The third-order valence-electron chi connectivity index (χ3n) is 4.74. The highest BCUT2D eigenvalue weighted by molar-refractivity contribution is 6.09. The summed E-state index contributed by atoms with van der Waals surface area (Å²) in [6.07, 6.45) is 11.9. The lowest BCUT2D eigenvalue weighted by molar-refractivity contribution is -0.112. The fraction of sp³-hybridized carbons (Fsp3) is 0.333. The van der Waals surface area contributed by atoms with Gasteiger partial charge in [0.2, 0.25) is 0 Å². The van der Waals surface area contributed by atoms with E-state index in [1.807, 2.05) is 24.5 Å². The fourth-order valence-electron chi connectivity index (χ4n) is 3.34. The van der Waals surface area contributed by atoms with E-state index >= 15 is 0 Å². The number of benzene rings is 1. The Labute approximate surface area is 153 Å². The van der Waals surface area contributed by atoms with Gasteiger partial charge < -0.3 is 14.6 Å². The standard InChI is InChI=1S/C21H23N3O2/c1-26-20-9-5-6-18(13-20)23-21(25)17(14-22)12-16-10-11-24(15-16)19-7-3-2-4-8-19/h5-6,9-13,15,19H,2-4,7-8H2,1H3,(H,23,25)/b17-12+. The molecule has 2 aromatic rings. The van der Waals surface area contributed by atoms with Gasteiger partial charge in [-0.2, -0.15) is 5.26 Å². The van der Waals surface area contributed by atoms with Crippen LogP contribution in [0, 0.1) is 11.3 Å². The molecule has 1 fully saturated rings. The Hall–Kier alpha value is -3.00. The molecule has 1 aliphatic carbocycles. The summed E-state index contributed by atoms with van der Waals surface area (Å²) >= 11 is 0. The molecule has 0 radical (unpaired) electrons. The molecule has 0 atom stereocenters. The van der Waals surface area contributed by atoms with Crippen LogP contribution in [0.15, 0.2) is 48.3 Å². The number of nitriles is 1. The Bertz CT molecular complexity index is 839. The number of nitrogens with zero attached hydrogens (tertiary/aromatic N) is 2. The van der Waals surface area contributed by atoms with E-state index in [1.165, 1.54) is 32.1 Å². The van der Waals surface area contributed by atoms with E-state index in [0.717, 1.165) is 5.56 Å². The highest BCUT2D eigenvalue weighted by Gasteiger charge is 2.15. The summed E-state index contributed by atoms with van der Waals surface area (Å²) in [6.45, 7) is 0. The monoisotopic (exact) mass is 349 g/mol. The van der Waals surface area contributed by atoms with Crippen molar-refractivity contribution in [2.75, 3.05) is 12.4 Å². The van der Waals surface area contributed by atoms with Crippen LogP contribution in [0.4, 0.5) is 5.69 Å². The minimum atomic E-state index is -0.425. The maximum Gasteiger partial charge on any atom is 0.266 e. The van der Waals surface area contributed by atoms with Gasteiger partial charge in [-0.05, 0) is 42.7 Å². The lowest BCUT2D eigenvalue weighted by Gasteiger charge is -2.23. The molecule has 1 aromatic heterocycles. The molecule has 3 rings (SSSR count). The zero-order chi connectivity index (χ0) is 18.4. The average molecular weight is 349 g/mol. The van der Waals surface area contributed by atoms with Crippen LogP contribution in [-0.2, 0) is 4.79 Å². The largest absolute Gasteiger partial charge is 0.497 e. The van der Waals surface area contributed by atoms with Gasteiger partial charge in [-0.1, -0.05) is 25.3 Å². The van der Waals surface area contributed by atoms with Crippen LogP contribution in [0.1, 0.15) is 43.7 Å². The predicted octanol–water partition coefficient (Wildman–Crippen LogP) is 4.55. The molecule has 1 amide bonds. The Morgan fingerprint density at radius 1 is 1.31 bits per heavy atom. The van der Waals surface area contributed by atoms with Crippen molar-refractivity contribution in [2.45, 2.75) is 38.1 Å². The third kappa shape index (κ3) is 4.34. The summed E-state index contributed by atoms with van der Waals surface area (Å²) in [7, 11) is 1.57. The van der Waals surface area contributed by atoms with Crippen molar-refractivity contribution in [3.8, 4) is 11.8 Å². The average Bonchev–Trinajstić information content (AvgIpc) is 3.15. The number of hydrogen-bond donors (Lipinski definition) is 1. The number of ether oxygens (including phenoxy) is 1. The minimum absolute atomic E-state index is 0.0780. The predicted molar refractivity (Wildman–Crippen MR) is 102 cm³/mol. The molecule has 5 nitrogen and oxygen atoms in total. The smallest absolute Gasteiger partial charge is 0.266 e. The number of rotatable bonds is 5. The molecule has 0 spiro atoms. The van der Waals surface area contributed by atoms with Gasteiger partial charge in [-0.15, -0.1) is 0 Å². The molecule has 1 N–H and O–H groups in total. The number of hydrogen-bond acceptors (Lipinski definition) is 3. The summed E-state index contributed by atoms with van der Waals surface area (Å²) in [4.78, 5) is 12.4. The number of nitrogens with one attached hydrogen (secondary N) is 1. The first-order chi connectivity index (χ1) is 12.7. The highest BCUT2D eigenvalue weighted by Crippen LogP contribution is 2.28. The summed E-state index contributed by atoms with van der Waals surface area (Å²) in [5.74, 6) is 0.223. The molecule has 1 saturated carbocycles. The highest BCUT2D eigenvalue weighted by atomic mass is 16.5. The Kier molecular flexibility index (Phi) is 5.75. The molecule has 0 aliphatic heterocycles. The molecule has 0 unspecified atom stereocenters. The van der Waals surface area contributed by atoms with E-state index in [1.54, 1.807) is 37.5 Å². The third-order valence-corrected chi connectivity index (χ3v) is 4.74. The molecule has 26 heavy (non-hydrogen) atoms. The van der Waals surface area contributed by atoms with Gasteiger partial charge in [-0.25, -0.2) is 0 Å². The van der Waals surface area contributed by atoms with Gasteiger partial charge in [-0.3, -0.25) is 4.79 Å². The summed E-state index contributed by atoms with van der Waals surface area (Å²) in [5.41, 5.74) is 1.54. The van der Waals surface area contributed by atoms with Crippen LogP contribution < -0.4 is 10.1 Å². The second-order valence-electron chi connectivity index (χ2n) is 6.54. The van der Waals surface area contributed by atoms with Crippen LogP contribution in [0.5, 0.6) is 5.75 Å². The number of carbonyl (C=O) groups is 1. The van der Waals surface area contributed by atoms with Crippen LogP contribution >= 0.6 is 0 Å². The Balaban J connectivity index is 1.72. The first-order valence-electron chi connectivity index (χ1n) is 8.94. The first-order valence-corrected chi connectivity index (χ1v) is 8.94. The van der Waals surface area contributed by atoms with E-state index < -0.39 is 5.91 Å². The van der Waals surface area contributed by atoms with Gasteiger partial charge in [0.1, 0.15) is 17.4 Å². The number of methoxy groups -OCH3 is 1. The summed E-state index contributed by atoms with van der Waals surface area (Å²) in [5, 5.41) is 12.1. The van der Waals surface area contributed by atoms with Gasteiger partial charge in [0.15, 0.2) is 0 Å². The number of anilines is 1. The molecular weight excluding hydrogens is 326 g/mol. The number of aromatic nitrogens is 1. The van der Waals surface area contributed by atoms with E-state index in [4.69, 9.17) is 4.74 Å². The minimum Gasteiger partial charge on any atom is -0.497 e. The molecule has 1 aliphatic rings. The van der Waals surface area contributed by atoms with Crippen molar-refractivity contribution in [2.24, 2.45) is 0 Å². The zero-order valence-corrected chi connectivity index (χ0v) is 14.9. The van der Waals surface area contributed by atoms with Crippen LogP contribution in [0.25, 0.3) is 6.08 Å². The number of amides is 1. The van der Waals surface area contributed by atoms with Crippen LogP contribution in [0.2, 0.25) is 0 Å². The van der Waals surface area contributed by atoms with E-state index in [9.17, 15) is 10.1 Å². The Morgan fingerprint density at radius 3 is 2.85 bits per heavy atom. The van der Waals surface area contributed by atoms with E-state index in [0.29, 0.717) is 17.5 Å². The van der Waals surface area contributed by atoms with E-state index in [2.05, 4.69) is 9.88 Å². The summed E-state index contributed by atoms with van der Waals surface area (Å²) in [6, 6.07) is 11.5. The maximum absolute atomic E-state index is 12.4. The number of carbonyl (C=O) groups excluding carboxylic acids is 1. The lowest BCUT2D eigenvalue weighted by Crippen LogP contribution is -2.13. The van der Waals surface area contributed by atoms with Gasteiger partial charge in [0.05, 0.1) is 7.11 Å². The quantitative estimate of drug-likeness (QED) is 0.636.